The average molecular weight is 456 g/mol. The standard InChI is InChI=1S/C30H34FN3/c1-4-6-23-8-10-24(11-9-23)21-29(7-5-2)33-27-16-18-28(19-17-27)34-30(20-22(3)32)25-12-14-26(31)15-13-25/h7-20,32-34H,4-6,21H2,1-3H3/b29-7+,30-20-,32-22?. The average Bonchev–Trinajstić information content (AvgIpc) is 2.82. The zero-order valence-corrected chi connectivity index (χ0v) is 20.3. The van der Waals surface area contributed by atoms with Crippen molar-refractivity contribution in [3.05, 3.63) is 113 Å². The van der Waals surface area contributed by atoms with Gasteiger partial charge in [-0.1, -0.05) is 50.6 Å². The van der Waals surface area contributed by atoms with Crippen LogP contribution >= 0.6 is 0 Å². The van der Waals surface area contributed by atoms with Gasteiger partial charge in [0.05, 0.1) is 0 Å². The maximum Gasteiger partial charge on any atom is 0.123 e. The Morgan fingerprint density at radius 2 is 1.41 bits per heavy atom. The molecule has 0 saturated carbocycles. The van der Waals surface area contributed by atoms with Crippen LogP contribution in [0, 0.1) is 11.2 Å². The molecule has 0 saturated heterocycles. The molecule has 3 N–H and O–H groups in total. The van der Waals surface area contributed by atoms with Gasteiger partial charge in [-0.3, -0.25) is 0 Å². The van der Waals surface area contributed by atoms with Crippen molar-refractivity contribution in [2.24, 2.45) is 0 Å². The molecule has 3 aromatic rings. The third kappa shape index (κ3) is 7.73. The van der Waals surface area contributed by atoms with Crippen molar-refractivity contribution in [1.82, 2.24) is 0 Å². The van der Waals surface area contributed by atoms with Gasteiger partial charge in [-0.05, 0) is 91.1 Å². The first kappa shape index (κ1) is 25.0. The monoisotopic (exact) mass is 455 g/mol. The Bertz CT molecular complexity index is 1130. The predicted molar refractivity (Wildman–Crippen MR) is 144 cm³/mol. The fourth-order valence-corrected chi connectivity index (χ4v) is 3.76. The predicted octanol–water partition coefficient (Wildman–Crippen LogP) is 8.22. The van der Waals surface area contributed by atoms with Gasteiger partial charge in [-0.15, -0.1) is 0 Å². The Morgan fingerprint density at radius 3 is 1.97 bits per heavy atom. The summed E-state index contributed by atoms with van der Waals surface area (Å²) in [5.74, 6) is -0.280. The van der Waals surface area contributed by atoms with Crippen LogP contribution in [0.4, 0.5) is 15.8 Å². The van der Waals surface area contributed by atoms with Crippen LogP contribution in [0.25, 0.3) is 5.70 Å². The molecule has 3 rings (SSSR count). The van der Waals surface area contributed by atoms with E-state index in [9.17, 15) is 4.39 Å². The van der Waals surface area contributed by atoms with Gasteiger partial charge in [-0.25, -0.2) is 4.39 Å². The van der Waals surface area contributed by atoms with Gasteiger partial charge in [0, 0.05) is 34.9 Å². The first-order valence-electron chi connectivity index (χ1n) is 11.9. The van der Waals surface area contributed by atoms with Gasteiger partial charge in [0.15, 0.2) is 0 Å². The van der Waals surface area contributed by atoms with E-state index in [0.29, 0.717) is 5.71 Å². The molecular weight excluding hydrogens is 421 g/mol. The smallest absolute Gasteiger partial charge is 0.123 e. The highest BCUT2D eigenvalue weighted by Gasteiger charge is 2.06. The van der Waals surface area contributed by atoms with Crippen molar-refractivity contribution in [1.29, 1.82) is 5.41 Å². The molecular formula is C30H34FN3. The Balaban J connectivity index is 1.69. The molecule has 0 amide bonds. The van der Waals surface area contributed by atoms with Crippen molar-refractivity contribution in [2.45, 2.75) is 46.5 Å². The lowest BCUT2D eigenvalue weighted by Gasteiger charge is -2.15. The molecule has 0 radical (unpaired) electrons. The lowest BCUT2D eigenvalue weighted by atomic mass is 10.0. The molecule has 0 aromatic heterocycles. The molecule has 0 atom stereocenters. The summed E-state index contributed by atoms with van der Waals surface area (Å²) in [6.45, 7) is 6.07. The van der Waals surface area contributed by atoms with Gasteiger partial charge >= 0.3 is 0 Å². The van der Waals surface area contributed by atoms with E-state index in [4.69, 9.17) is 5.41 Å². The quantitative estimate of drug-likeness (QED) is 0.255. The minimum absolute atomic E-state index is 0.280. The van der Waals surface area contributed by atoms with Gasteiger partial charge in [0.2, 0.25) is 0 Å². The van der Waals surface area contributed by atoms with Crippen molar-refractivity contribution in [2.75, 3.05) is 10.6 Å². The lowest BCUT2D eigenvalue weighted by molar-refractivity contribution is 0.627. The Hall–Kier alpha value is -3.66. The zero-order chi connectivity index (χ0) is 24.3. The fraction of sp³-hybridized carbons (Fsp3) is 0.233. The van der Waals surface area contributed by atoms with Crippen LogP contribution in [-0.4, -0.2) is 5.71 Å². The maximum absolute atomic E-state index is 13.3. The highest BCUT2D eigenvalue weighted by molar-refractivity contribution is 5.99. The first-order valence-corrected chi connectivity index (χ1v) is 11.9. The molecule has 0 spiro atoms. The third-order valence-electron chi connectivity index (χ3n) is 5.39. The lowest BCUT2D eigenvalue weighted by Crippen LogP contribution is -2.04. The highest BCUT2D eigenvalue weighted by Crippen LogP contribution is 2.22. The largest absolute Gasteiger partial charge is 0.359 e. The second-order valence-corrected chi connectivity index (χ2v) is 8.46. The molecule has 0 unspecified atom stereocenters. The second kappa shape index (κ2) is 12.5. The number of hydrogen-bond acceptors (Lipinski definition) is 3. The fourth-order valence-electron chi connectivity index (χ4n) is 3.76. The first-order chi connectivity index (χ1) is 16.5. The topological polar surface area (TPSA) is 47.9 Å². The minimum atomic E-state index is -0.280. The summed E-state index contributed by atoms with van der Waals surface area (Å²) in [6, 6.07) is 23.3. The second-order valence-electron chi connectivity index (χ2n) is 8.46. The molecule has 0 fully saturated rings. The van der Waals surface area contributed by atoms with E-state index >= 15 is 0 Å². The van der Waals surface area contributed by atoms with Crippen LogP contribution < -0.4 is 10.6 Å². The summed E-state index contributed by atoms with van der Waals surface area (Å²) < 4.78 is 13.3. The molecule has 4 heteroatoms. The molecule has 0 aliphatic heterocycles. The van der Waals surface area contributed by atoms with Gasteiger partial charge in [0.1, 0.15) is 5.82 Å². The van der Waals surface area contributed by atoms with E-state index in [1.807, 2.05) is 24.3 Å². The summed E-state index contributed by atoms with van der Waals surface area (Å²) in [7, 11) is 0. The van der Waals surface area contributed by atoms with Crippen LogP contribution in [0.1, 0.15) is 50.3 Å². The third-order valence-corrected chi connectivity index (χ3v) is 5.39. The van der Waals surface area contributed by atoms with Crippen LogP contribution in [0.2, 0.25) is 0 Å². The SMILES string of the molecule is CC/C=C(\Cc1ccc(CCC)cc1)Nc1ccc(N/C(=C\C(C)=N)c2ccc(F)cc2)cc1. The number of halogens is 1. The molecule has 3 nitrogen and oxygen atoms in total. The normalized spacial score (nSPS) is 11.9. The van der Waals surface area contributed by atoms with Gasteiger partial charge < -0.3 is 16.0 Å². The van der Waals surface area contributed by atoms with Crippen molar-refractivity contribution in [3.8, 4) is 0 Å². The van der Waals surface area contributed by atoms with Crippen LogP contribution in [-0.2, 0) is 12.8 Å². The maximum atomic E-state index is 13.3. The van der Waals surface area contributed by atoms with Crippen molar-refractivity contribution in [3.63, 3.8) is 0 Å². The summed E-state index contributed by atoms with van der Waals surface area (Å²) in [5, 5.41) is 14.8. The van der Waals surface area contributed by atoms with Crippen LogP contribution in [0.3, 0.4) is 0 Å². The Morgan fingerprint density at radius 1 is 0.824 bits per heavy atom. The molecule has 34 heavy (non-hydrogen) atoms. The number of allylic oxidation sites excluding steroid dienone is 3. The van der Waals surface area contributed by atoms with E-state index < -0.39 is 0 Å². The van der Waals surface area contributed by atoms with E-state index in [2.05, 4.69) is 54.8 Å². The highest BCUT2D eigenvalue weighted by atomic mass is 19.1. The van der Waals surface area contributed by atoms with E-state index in [1.54, 1.807) is 25.1 Å². The molecule has 0 heterocycles. The number of rotatable bonds is 11. The number of anilines is 2. The number of benzene rings is 3. The van der Waals surface area contributed by atoms with Gasteiger partial charge in [0.25, 0.3) is 0 Å². The van der Waals surface area contributed by atoms with Crippen molar-refractivity contribution < 1.29 is 4.39 Å². The molecule has 3 aromatic carbocycles. The summed E-state index contributed by atoms with van der Waals surface area (Å²) in [4.78, 5) is 0. The summed E-state index contributed by atoms with van der Waals surface area (Å²) in [6.07, 6.45) is 8.07. The van der Waals surface area contributed by atoms with E-state index in [0.717, 1.165) is 48.3 Å². The number of hydrogen-bond donors (Lipinski definition) is 3. The van der Waals surface area contributed by atoms with Crippen LogP contribution in [0.5, 0.6) is 0 Å². The Kier molecular flexibility index (Phi) is 9.21. The summed E-state index contributed by atoms with van der Waals surface area (Å²) >= 11 is 0. The zero-order valence-electron chi connectivity index (χ0n) is 20.3. The molecule has 0 aliphatic carbocycles. The number of aryl methyl sites for hydroxylation is 1. The van der Waals surface area contributed by atoms with Crippen molar-refractivity contribution >= 4 is 22.8 Å². The van der Waals surface area contributed by atoms with E-state index in [1.165, 1.54) is 29.0 Å². The summed E-state index contributed by atoms with van der Waals surface area (Å²) in [5.41, 5.74) is 7.77. The Labute approximate surface area is 202 Å². The number of nitrogens with one attached hydrogen (secondary N) is 3. The molecule has 0 aliphatic rings. The van der Waals surface area contributed by atoms with E-state index in [-0.39, 0.29) is 5.82 Å². The minimum Gasteiger partial charge on any atom is -0.359 e. The van der Waals surface area contributed by atoms with Gasteiger partial charge in [-0.2, -0.15) is 0 Å². The molecule has 0 bridgehead atoms. The molecule has 176 valence electrons. The van der Waals surface area contributed by atoms with Crippen LogP contribution in [0.15, 0.2) is 90.6 Å².